The smallest absolute Gasteiger partial charge is 0.258 e. The van der Waals surface area contributed by atoms with Crippen molar-refractivity contribution >= 4 is 17.0 Å². The van der Waals surface area contributed by atoms with Crippen LogP contribution in [-0.2, 0) is 0 Å². The van der Waals surface area contributed by atoms with E-state index in [9.17, 15) is 4.79 Å². The fourth-order valence-electron chi connectivity index (χ4n) is 3.37. The molecule has 22 heavy (non-hydrogen) atoms. The monoisotopic (exact) mass is 301 g/mol. The van der Waals surface area contributed by atoms with Gasteiger partial charge >= 0.3 is 0 Å². The summed E-state index contributed by atoms with van der Waals surface area (Å²) in [6, 6.07) is 2.10. The number of carbonyl (C=O) groups is 1. The second-order valence-electron chi connectivity index (χ2n) is 6.36. The van der Waals surface area contributed by atoms with Crippen LogP contribution in [0.3, 0.4) is 0 Å². The van der Waals surface area contributed by atoms with E-state index in [0.29, 0.717) is 17.0 Å². The number of hydrogen-bond donors (Lipinski definition) is 1. The number of hydrogen-bond acceptors (Lipinski definition) is 4. The molecule has 1 aliphatic carbocycles. The first kappa shape index (κ1) is 15.0. The highest BCUT2D eigenvalue weighted by atomic mass is 16.5. The molecule has 2 aromatic heterocycles. The summed E-state index contributed by atoms with van der Waals surface area (Å²) < 4.78 is 5.20. The second-order valence-corrected chi connectivity index (χ2v) is 6.36. The molecule has 2 heterocycles. The Morgan fingerprint density at radius 2 is 2.05 bits per heavy atom. The van der Waals surface area contributed by atoms with Gasteiger partial charge in [-0.2, -0.15) is 0 Å². The second kappa shape index (κ2) is 6.07. The lowest BCUT2D eigenvalue weighted by Crippen LogP contribution is -2.37. The highest BCUT2D eigenvalue weighted by Crippen LogP contribution is 2.27. The molecular weight excluding hydrogens is 278 g/mol. The maximum atomic E-state index is 12.7. The van der Waals surface area contributed by atoms with Crippen LogP contribution < -0.4 is 5.32 Å². The quantitative estimate of drug-likeness (QED) is 0.941. The Balaban J connectivity index is 1.79. The van der Waals surface area contributed by atoms with Gasteiger partial charge in [-0.15, -0.1) is 0 Å². The average Bonchev–Trinajstić information content (AvgIpc) is 2.88. The van der Waals surface area contributed by atoms with E-state index in [4.69, 9.17) is 4.52 Å². The molecule has 0 spiro atoms. The molecule has 3 rings (SSSR count). The minimum atomic E-state index is -0.0400. The molecular formula is C17H23N3O2. The summed E-state index contributed by atoms with van der Waals surface area (Å²) in [5.41, 5.74) is 2.54. The van der Waals surface area contributed by atoms with Crippen molar-refractivity contribution in [3.05, 3.63) is 23.0 Å². The van der Waals surface area contributed by atoms with Gasteiger partial charge in [-0.25, -0.2) is 4.98 Å². The molecule has 1 aliphatic rings. The van der Waals surface area contributed by atoms with Gasteiger partial charge in [-0.1, -0.05) is 18.5 Å². The van der Waals surface area contributed by atoms with Crippen molar-refractivity contribution in [1.29, 1.82) is 0 Å². The molecule has 5 heteroatoms. The van der Waals surface area contributed by atoms with E-state index in [2.05, 4.69) is 22.4 Å². The van der Waals surface area contributed by atoms with E-state index in [0.717, 1.165) is 29.8 Å². The van der Waals surface area contributed by atoms with Gasteiger partial charge in [-0.3, -0.25) is 4.79 Å². The van der Waals surface area contributed by atoms with E-state index >= 15 is 0 Å². The Kier molecular flexibility index (Phi) is 4.14. The summed E-state index contributed by atoms with van der Waals surface area (Å²) in [6.07, 6.45) is 5.79. The molecule has 1 N–H and O–H groups in total. The Bertz CT molecular complexity index is 685. The van der Waals surface area contributed by atoms with Crippen LogP contribution in [0.25, 0.3) is 11.1 Å². The standard InChI is InChI=1S/C17H23N3O2/c1-4-12-5-7-13(8-6-12)19-16(21)14-9-10(2)18-17-15(14)11(3)20-22-17/h9,12-13H,4-8H2,1-3H3,(H,19,21). The minimum absolute atomic E-state index is 0.0400. The van der Waals surface area contributed by atoms with Crippen LogP contribution in [0.2, 0.25) is 0 Å². The van der Waals surface area contributed by atoms with Crippen LogP contribution in [0.1, 0.15) is 60.8 Å². The SMILES string of the molecule is CCC1CCC(NC(=O)c2cc(C)nc3onc(C)c23)CC1. The molecule has 5 nitrogen and oxygen atoms in total. The van der Waals surface area contributed by atoms with Gasteiger partial charge in [0, 0.05) is 11.7 Å². The summed E-state index contributed by atoms with van der Waals surface area (Å²) in [7, 11) is 0. The molecule has 0 atom stereocenters. The summed E-state index contributed by atoms with van der Waals surface area (Å²) in [6.45, 7) is 5.95. The van der Waals surface area contributed by atoms with Crippen LogP contribution in [0.4, 0.5) is 0 Å². The van der Waals surface area contributed by atoms with Crippen molar-refractivity contribution in [2.45, 2.75) is 58.9 Å². The lowest BCUT2D eigenvalue weighted by molar-refractivity contribution is 0.0923. The summed E-state index contributed by atoms with van der Waals surface area (Å²) in [4.78, 5) is 17.0. The fourth-order valence-corrected chi connectivity index (χ4v) is 3.37. The van der Waals surface area contributed by atoms with E-state index in [1.165, 1.54) is 19.3 Å². The van der Waals surface area contributed by atoms with Crippen molar-refractivity contribution < 1.29 is 9.32 Å². The molecule has 0 aromatic carbocycles. The summed E-state index contributed by atoms with van der Waals surface area (Å²) in [5.74, 6) is 0.782. The first-order valence-corrected chi connectivity index (χ1v) is 8.13. The summed E-state index contributed by atoms with van der Waals surface area (Å²) in [5, 5.41) is 7.84. The van der Waals surface area contributed by atoms with Crippen molar-refractivity contribution in [2.75, 3.05) is 0 Å². The van der Waals surface area contributed by atoms with Crippen LogP contribution in [0.15, 0.2) is 10.6 Å². The number of nitrogens with one attached hydrogen (secondary N) is 1. The third-order valence-corrected chi connectivity index (χ3v) is 4.75. The molecule has 0 saturated heterocycles. The third-order valence-electron chi connectivity index (χ3n) is 4.75. The number of aromatic nitrogens is 2. The number of fused-ring (bicyclic) bond motifs is 1. The zero-order valence-electron chi connectivity index (χ0n) is 13.5. The maximum absolute atomic E-state index is 12.7. The minimum Gasteiger partial charge on any atom is -0.349 e. The highest BCUT2D eigenvalue weighted by Gasteiger charge is 2.24. The van der Waals surface area contributed by atoms with Gasteiger partial charge < -0.3 is 9.84 Å². The zero-order chi connectivity index (χ0) is 15.7. The number of aryl methyl sites for hydroxylation is 2. The van der Waals surface area contributed by atoms with E-state index in [1.807, 2.05) is 19.9 Å². The fraction of sp³-hybridized carbons (Fsp3) is 0.588. The van der Waals surface area contributed by atoms with Crippen molar-refractivity contribution in [3.8, 4) is 0 Å². The maximum Gasteiger partial charge on any atom is 0.258 e. The average molecular weight is 301 g/mol. The predicted molar refractivity (Wildman–Crippen MR) is 84.8 cm³/mol. The van der Waals surface area contributed by atoms with Gasteiger partial charge in [0.2, 0.25) is 0 Å². The van der Waals surface area contributed by atoms with Crippen LogP contribution in [0.5, 0.6) is 0 Å². The van der Waals surface area contributed by atoms with E-state index in [1.54, 1.807) is 0 Å². The Morgan fingerprint density at radius 1 is 1.32 bits per heavy atom. The van der Waals surface area contributed by atoms with Gasteiger partial charge in [0.15, 0.2) is 0 Å². The zero-order valence-corrected chi connectivity index (χ0v) is 13.5. The largest absolute Gasteiger partial charge is 0.349 e. The number of carbonyl (C=O) groups excluding carboxylic acids is 1. The first-order valence-electron chi connectivity index (χ1n) is 8.13. The topological polar surface area (TPSA) is 68.0 Å². The lowest BCUT2D eigenvalue weighted by atomic mass is 9.84. The lowest BCUT2D eigenvalue weighted by Gasteiger charge is -2.28. The number of amides is 1. The Morgan fingerprint density at radius 3 is 2.73 bits per heavy atom. The molecule has 0 radical (unpaired) electrons. The van der Waals surface area contributed by atoms with Crippen LogP contribution in [-0.4, -0.2) is 22.1 Å². The molecule has 0 unspecified atom stereocenters. The van der Waals surface area contributed by atoms with E-state index < -0.39 is 0 Å². The van der Waals surface area contributed by atoms with Gasteiger partial charge in [0.25, 0.3) is 11.6 Å². The molecule has 1 fully saturated rings. The van der Waals surface area contributed by atoms with Crippen molar-refractivity contribution in [3.63, 3.8) is 0 Å². The highest BCUT2D eigenvalue weighted by molar-refractivity contribution is 6.06. The van der Waals surface area contributed by atoms with Crippen molar-refractivity contribution in [1.82, 2.24) is 15.5 Å². The van der Waals surface area contributed by atoms with Gasteiger partial charge in [0.1, 0.15) is 0 Å². The normalized spacial score (nSPS) is 22.0. The molecule has 1 saturated carbocycles. The van der Waals surface area contributed by atoms with E-state index in [-0.39, 0.29) is 11.9 Å². The summed E-state index contributed by atoms with van der Waals surface area (Å²) >= 11 is 0. The molecule has 0 aliphatic heterocycles. The first-order chi connectivity index (χ1) is 10.6. The Labute approximate surface area is 130 Å². The van der Waals surface area contributed by atoms with Crippen molar-refractivity contribution in [2.24, 2.45) is 5.92 Å². The Hall–Kier alpha value is -1.91. The van der Waals surface area contributed by atoms with Crippen LogP contribution >= 0.6 is 0 Å². The number of nitrogens with zero attached hydrogens (tertiary/aromatic N) is 2. The third kappa shape index (κ3) is 2.85. The molecule has 1 amide bonds. The molecule has 118 valence electrons. The number of pyridine rings is 1. The molecule has 2 aromatic rings. The van der Waals surface area contributed by atoms with Crippen LogP contribution in [0, 0.1) is 19.8 Å². The van der Waals surface area contributed by atoms with Gasteiger partial charge in [0.05, 0.1) is 16.6 Å². The predicted octanol–water partition coefficient (Wildman–Crippen LogP) is 3.54. The van der Waals surface area contributed by atoms with Gasteiger partial charge in [-0.05, 0) is 51.5 Å². The molecule has 0 bridgehead atoms. The number of rotatable bonds is 3.